The van der Waals surface area contributed by atoms with Crippen LogP contribution in [0.4, 0.5) is 5.69 Å². The van der Waals surface area contributed by atoms with Crippen molar-refractivity contribution < 1.29 is 14.3 Å². The number of amides is 1. The zero-order valence-electron chi connectivity index (χ0n) is 14.3. The van der Waals surface area contributed by atoms with Gasteiger partial charge in [0.05, 0.1) is 12.5 Å². The third-order valence-corrected chi connectivity index (χ3v) is 4.47. The summed E-state index contributed by atoms with van der Waals surface area (Å²) in [6.45, 7) is 3.17. The molecule has 0 bridgehead atoms. The molecule has 25 heavy (non-hydrogen) atoms. The molecule has 1 aliphatic heterocycles. The van der Waals surface area contributed by atoms with Crippen molar-refractivity contribution in [1.82, 2.24) is 4.90 Å². The number of esters is 1. The molecular weight excluding hydrogens is 316 g/mol. The fourth-order valence-electron chi connectivity index (χ4n) is 3.06. The van der Waals surface area contributed by atoms with Gasteiger partial charge in [-0.25, -0.2) is 0 Å². The lowest BCUT2D eigenvalue weighted by Crippen LogP contribution is -2.30. The van der Waals surface area contributed by atoms with Gasteiger partial charge in [-0.2, -0.15) is 0 Å². The normalized spacial score (nSPS) is 16.7. The summed E-state index contributed by atoms with van der Waals surface area (Å²) in [6, 6.07) is 15.1. The van der Waals surface area contributed by atoms with Crippen LogP contribution >= 0.6 is 0 Å². The molecule has 130 valence electrons. The molecule has 0 saturated carbocycles. The number of benzene rings is 2. The Morgan fingerprint density at radius 1 is 1.08 bits per heavy atom. The minimum atomic E-state index is -0.212. The van der Waals surface area contributed by atoms with E-state index in [2.05, 4.69) is 0 Å². The number of rotatable bonds is 4. The quantitative estimate of drug-likeness (QED) is 0.687. The van der Waals surface area contributed by atoms with Crippen molar-refractivity contribution in [3.05, 3.63) is 54.1 Å². The minimum Gasteiger partial charge on any atom is -0.466 e. The Balaban J connectivity index is 1.67. The molecule has 2 aromatic rings. The molecule has 0 radical (unpaired) electrons. The molecule has 5 nitrogen and oxygen atoms in total. The number of ether oxygens (including phenoxy) is 1. The first-order chi connectivity index (χ1) is 12.1. The molecule has 1 unspecified atom stereocenters. The smallest absolute Gasteiger partial charge is 0.310 e. The average molecular weight is 338 g/mol. The van der Waals surface area contributed by atoms with E-state index in [9.17, 15) is 9.59 Å². The fraction of sp³-hybridized carbons (Fsp3) is 0.300. The van der Waals surface area contributed by atoms with Crippen molar-refractivity contribution >= 4 is 17.6 Å². The van der Waals surface area contributed by atoms with E-state index in [1.807, 2.05) is 48.5 Å². The van der Waals surface area contributed by atoms with Gasteiger partial charge in [0, 0.05) is 24.3 Å². The lowest BCUT2D eigenvalue weighted by atomic mass is 10.0. The average Bonchev–Trinajstić information content (AvgIpc) is 3.12. The van der Waals surface area contributed by atoms with Crippen LogP contribution in [0.3, 0.4) is 0 Å². The van der Waals surface area contributed by atoms with Crippen LogP contribution in [0.5, 0.6) is 0 Å². The van der Waals surface area contributed by atoms with Crippen molar-refractivity contribution in [2.24, 2.45) is 5.92 Å². The molecule has 1 heterocycles. The Morgan fingerprint density at radius 2 is 1.68 bits per heavy atom. The lowest BCUT2D eigenvalue weighted by molar-refractivity contribution is -0.147. The van der Waals surface area contributed by atoms with Crippen molar-refractivity contribution in [1.29, 1.82) is 0 Å². The molecule has 1 atom stereocenters. The van der Waals surface area contributed by atoms with Crippen LogP contribution in [0.25, 0.3) is 11.1 Å². The molecule has 5 heteroatoms. The summed E-state index contributed by atoms with van der Waals surface area (Å²) >= 11 is 0. The first kappa shape index (κ1) is 17.0. The van der Waals surface area contributed by atoms with Crippen molar-refractivity contribution in [2.45, 2.75) is 13.3 Å². The summed E-state index contributed by atoms with van der Waals surface area (Å²) in [5.74, 6) is -0.467. The van der Waals surface area contributed by atoms with Crippen LogP contribution in [-0.4, -0.2) is 36.5 Å². The van der Waals surface area contributed by atoms with E-state index in [0.29, 0.717) is 31.7 Å². The van der Waals surface area contributed by atoms with E-state index in [-0.39, 0.29) is 17.8 Å². The van der Waals surface area contributed by atoms with Gasteiger partial charge in [0.2, 0.25) is 0 Å². The van der Waals surface area contributed by atoms with Crippen molar-refractivity contribution in [2.75, 3.05) is 25.4 Å². The van der Waals surface area contributed by atoms with Crippen LogP contribution in [0, 0.1) is 5.92 Å². The molecule has 1 saturated heterocycles. The molecule has 1 fully saturated rings. The molecule has 1 aliphatic rings. The zero-order valence-corrected chi connectivity index (χ0v) is 14.3. The van der Waals surface area contributed by atoms with Crippen molar-refractivity contribution in [3.63, 3.8) is 0 Å². The summed E-state index contributed by atoms with van der Waals surface area (Å²) < 4.78 is 5.05. The summed E-state index contributed by atoms with van der Waals surface area (Å²) in [5, 5.41) is 0. The predicted molar refractivity (Wildman–Crippen MR) is 96.9 cm³/mol. The largest absolute Gasteiger partial charge is 0.466 e. The second-order valence-corrected chi connectivity index (χ2v) is 6.19. The highest BCUT2D eigenvalue weighted by Gasteiger charge is 2.32. The number of likely N-dealkylation sites (tertiary alicyclic amines) is 1. The molecular formula is C20H22N2O3. The SMILES string of the molecule is CCOC(=O)C1CCN(C(=O)c2ccc(-c3ccc(N)cc3)cc2)C1. The van der Waals surface area contributed by atoms with Crippen LogP contribution in [0.1, 0.15) is 23.7 Å². The van der Waals surface area contributed by atoms with Gasteiger partial charge in [-0.1, -0.05) is 24.3 Å². The highest BCUT2D eigenvalue weighted by Crippen LogP contribution is 2.23. The Hall–Kier alpha value is -2.82. The fourth-order valence-corrected chi connectivity index (χ4v) is 3.06. The molecule has 0 aromatic heterocycles. The molecule has 2 N–H and O–H groups in total. The third-order valence-electron chi connectivity index (χ3n) is 4.47. The van der Waals surface area contributed by atoms with Crippen LogP contribution < -0.4 is 5.73 Å². The van der Waals surface area contributed by atoms with Gasteiger partial charge in [-0.15, -0.1) is 0 Å². The molecule has 3 rings (SSSR count). The number of nitrogens with zero attached hydrogens (tertiary/aromatic N) is 1. The standard InChI is InChI=1S/C20H22N2O3/c1-2-25-20(24)17-11-12-22(13-17)19(23)16-5-3-14(4-6-16)15-7-9-18(21)10-8-15/h3-10,17H,2,11-13,21H2,1H3. The third kappa shape index (κ3) is 3.82. The van der Waals surface area contributed by atoms with Gasteiger partial charge in [0.25, 0.3) is 5.91 Å². The maximum Gasteiger partial charge on any atom is 0.310 e. The number of carbonyl (C=O) groups is 2. The van der Waals surface area contributed by atoms with Gasteiger partial charge in [-0.05, 0) is 48.7 Å². The van der Waals surface area contributed by atoms with Crippen LogP contribution in [0.15, 0.2) is 48.5 Å². The maximum atomic E-state index is 12.6. The summed E-state index contributed by atoms with van der Waals surface area (Å²) in [6.07, 6.45) is 0.661. The van der Waals surface area contributed by atoms with Crippen LogP contribution in [0.2, 0.25) is 0 Å². The minimum absolute atomic E-state index is 0.0457. The molecule has 0 spiro atoms. The topological polar surface area (TPSA) is 72.6 Å². The predicted octanol–water partition coefficient (Wildman–Crippen LogP) is 2.96. The van der Waals surface area contributed by atoms with Crippen molar-refractivity contribution in [3.8, 4) is 11.1 Å². The first-order valence-electron chi connectivity index (χ1n) is 8.50. The maximum absolute atomic E-state index is 12.6. The number of carbonyl (C=O) groups excluding carboxylic acids is 2. The highest BCUT2D eigenvalue weighted by molar-refractivity contribution is 5.95. The van der Waals surface area contributed by atoms with E-state index in [1.165, 1.54) is 0 Å². The number of hydrogen-bond donors (Lipinski definition) is 1. The van der Waals surface area contributed by atoms with Crippen LogP contribution in [-0.2, 0) is 9.53 Å². The van der Waals surface area contributed by atoms with Gasteiger partial charge >= 0.3 is 5.97 Å². The first-order valence-corrected chi connectivity index (χ1v) is 8.50. The molecule has 1 amide bonds. The Bertz CT molecular complexity index is 754. The Kier molecular flexibility index (Phi) is 5.03. The molecule has 2 aromatic carbocycles. The highest BCUT2D eigenvalue weighted by atomic mass is 16.5. The van der Waals surface area contributed by atoms with Gasteiger partial charge < -0.3 is 15.4 Å². The summed E-state index contributed by atoms with van der Waals surface area (Å²) in [5.41, 5.74) is 9.14. The van der Waals surface area contributed by atoms with E-state index in [4.69, 9.17) is 10.5 Å². The number of hydrogen-bond acceptors (Lipinski definition) is 4. The van der Waals surface area contributed by atoms with E-state index in [0.717, 1.165) is 16.8 Å². The summed E-state index contributed by atoms with van der Waals surface area (Å²) in [4.78, 5) is 26.2. The van der Waals surface area contributed by atoms with Gasteiger partial charge in [0.1, 0.15) is 0 Å². The van der Waals surface area contributed by atoms with E-state index < -0.39 is 0 Å². The number of nitrogens with two attached hydrogens (primary N) is 1. The Morgan fingerprint density at radius 3 is 2.28 bits per heavy atom. The number of nitrogen functional groups attached to an aromatic ring is 1. The monoisotopic (exact) mass is 338 g/mol. The zero-order chi connectivity index (χ0) is 17.8. The molecule has 0 aliphatic carbocycles. The Labute approximate surface area is 147 Å². The second-order valence-electron chi connectivity index (χ2n) is 6.19. The number of anilines is 1. The van der Waals surface area contributed by atoms with Gasteiger partial charge in [-0.3, -0.25) is 9.59 Å². The summed E-state index contributed by atoms with van der Waals surface area (Å²) in [7, 11) is 0. The lowest BCUT2D eigenvalue weighted by Gasteiger charge is -2.16. The second kappa shape index (κ2) is 7.38. The van der Waals surface area contributed by atoms with E-state index in [1.54, 1.807) is 11.8 Å². The van der Waals surface area contributed by atoms with Gasteiger partial charge in [0.15, 0.2) is 0 Å². The van der Waals surface area contributed by atoms with E-state index >= 15 is 0 Å².